The van der Waals surface area contributed by atoms with Gasteiger partial charge in [-0.05, 0) is 19.4 Å². The molecule has 1 aromatic carbocycles. The Morgan fingerprint density at radius 3 is 2.82 bits per heavy atom. The van der Waals surface area contributed by atoms with Crippen LogP contribution in [-0.4, -0.2) is 18.1 Å². The molecule has 0 saturated carbocycles. The van der Waals surface area contributed by atoms with Gasteiger partial charge in [0.2, 0.25) is 0 Å². The van der Waals surface area contributed by atoms with Crippen LogP contribution in [0, 0.1) is 6.92 Å². The van der Waals surface area contributed by atoms with Crippen molar-refractivity contribution in [3.05, 3.63) is 45.9 Å². The van der Waals surface area contributed by atoms with Crippen molar-refractivity contribution in [1.82, 2.24) is 15.6 Å². The Morgan fingerprint density at radius 1 is 1.41 bits per heavy atom. The number of nitrogens with one attached hydrogen (secondary N) is 2. The van der Waals surface area contributed by atoms with Gasteiger partial charge < -0.3 is 15.4 Å². The van der Waals surface area contributed by atoms with Crippen molar-refractivity contribution in [2.45, 2.75) is 32.9 Å². The van der Waals surface area contributed by atoms with Crippen molar-refractivity contribution < 1.29 is 9.53 Å². The molecule has 1 atom stereocenters. The van der Waals surface area contributed by atoms with Gasteiger partial charge in [0, 0.05) is 10.9 Å². The summed E-state index contributed by atoms with van der Waals surface area (Å²) in [5.74, 6) is 0.782. The van der Waals surface area contributed by atoms with Gasteiger partial charge in [0.1, 0.15) is 5.75 Å². The molecule has 2 rings (SSSR count). The first-order valence-electron chi connectivity index (χ1n) is 7.22. The number of urea groups is 1. The van der Waals surface area contributed by atoms with Crippen LogP contribution in [0.1, 0.15) is 35.7 Å². The maximum absolute atomic E-state index is 12.1. The summed E-state index contributed by atoms with van der Waals surface area (Å²) in [6.07, 6.45) is 0.781. The van der Waals surface area contributed by atoms with Crippen molar-refractivity contribution in [2.24, 2.45) is 0 Å². The van der Waals surface area contributed by atoms with E-state index < -0.39 is 0 Å². The Balaban J connectivity index is 1.96. The first-order valence-corrected chi connectivity index (χ1v) is 8.10. The number of aromatic nitrogens is 1. The summed E-state index contributed by atoms with van der Waals surface area (Å²) in [4.78, 5) is 16.4. The molecular weight excluding hydrogens is 298 g/mol. The summed E-state index contributed by atoms with van der Waals surface area (Å²) in [7, 11) is 1.64. The first-order chi connectivity index (χ1) is 10.6. The van der Waals surface area contributed by atoms with Gasteiger partial charge in [0.25, 0.3) is 0 Å². The van der Waals surface area contributed by atoms with E-state index in [9.17, 15) is 4.79 Å². The van der Waals surface area contributed by atoms with Crippen LogP contribution in [0.5, 0.6) is 5.75 Å². The number of ether oxygens (including phenoxy) is 1. The number of carbonyl (C=O) groups is 1. The SMILES string of the molecule is CC[C@H](NC(=O)NCc1csc(C)n1)c1ccccc1OC. The predicted molar refractivity (Wildman–Crippen MR) is 88.2 cm³/mol. The first kappa shape index (κ1) is 16.3. The normalized spacial score (nSPS) is 11.8. The minimum atomic E-state index is -0.205. The average Bonchev–Trinajstić information content (AvgIpc) is 2.96. The molecule has 0 radical (unpaired) electrons. The van der Waals surface area contributed by atoms with Crippen LogP contribution >= 0.6 is 11.3 Å². The Morgan fingerprint density at radius 2 is 2.18 bits per heavy atom. The minimum Gasteiger partial charge on any atom is -0.496 e. The van der Waals surface area contributed by atoms with Crippen molar-refractivity contribution in [3.8, 4) is 5.75 Å². The van der Waals surface area contributed by atoms with Gasteiger partial charge in [-0.3, -0.25) is 0 Å². The standard InChI is InChI=1S/C16H21N3O2S/c1-4-14(13-7-5-6-8-15(13)21-3)19-16(20)17-9-12-10-22-11(2)18-12/h5-8,10,14H,4,9H2,1-3H3,(H2,17,19,20)/t14-/m0/s1. The molecule has 0 aliphatic heterocycles. The Labute approximate surface area is 134 Å². The summed E-state index contributed by atoms with van der Waals surface area (Å²) in [6, 6.07) is 7.43. The summed E-state index contributed by atoms with van der Waals surface area (Å²) >= 11 is 1.58. The predicted octanol–water partition coefficient (Wildman–Crippen LogP) is 3.41. The number of hydrogen-bond acceptors (Lipinski definition) is 4. The number of rotatable bonds is 6. The van der Waals surface area contributed by atoms with Gasteiger partial charge in [-0.2, -0.15) is 0 Å². The molecule has 0 unspecified atom stereocenters. The maximum Gasteiger partial charge on any atom is 0.315 e. The minimum absolute atomic E-state index is 0.0895. The van der Waals surface area contributed by atoms with E-state index in [-0.39, 0.29) is 12.1 Å². The maximum atomic E-state index is 12.1. The molecule has 0 aliphatic carbocycles. The highest BCUT2D eigenvalue weighted by atomic mass is 32.1. The van der Waals surface area contributed by atoms with Gasteiger partial charge >= 0.3 is 6.03 Å². The largest absolute Gasteiger partial charge is 0.496 e. The van der Waals surface area contributed by atoms with E-state index in [1.54, 1.807) is 18.4 Å². The Hall–Kier alpha value is -2.08. The number of nitrogens with zero attached hydrogens (tertiary/aromatic N) is 1. The van der Waals surface area contributed by atoms with Crippen LogP contribution in [0.25, 0.3) is 0 Å². The molecule has 2 aromatic rings. The van der Waals surface area contributed by atoms with Crippen molar-refractivity contribution in [1.29, 1.82) is 0 Å². The molecule has 0 aliphatic rings. The van der Waals surface area contributed by atoms with Crippen LogP contribution in [0.15, 0.2) is 29.6 Å². The van der Waals surface area contributed by atoms with Crippen LogP contribution in [-0.2, 0) is 6.54 Å². The fourth-order valence-electron chi connectivity index (χ4n) is 2.22. The molecule has 0 bridgehead atoms. The fraction of sp³-hybridized carbons (Fsp3) is 0.375. The van der Waals surface area contributed by atoms with E-state index >= 15 is 0 Å². The third kappa shape index (κ3) is 4.21. The topological polar surface area (TPSA) is 63.2 Å². The number of methoxy groups -OCH3 is 1. The van der Waals surface area contributed by atoms with Gasteiger partial charge in [-0.15, -0.1) is 11.3 Å². The number of para-hydroxylation sites is 1. The molecule has 5 nitrogen and oxygen atoms in total. The molecule has 0 spiro atoms. The number of amides is 2. The van der Waals surface area contributed by atoms with E-state index in [0.717, 1.165) is 28.4 Å². The number of carbonyl (C=O) groups excluding carboxylic acids is 1. The zero-order valence-corrected chi connectivity index (χ0v) is 13.9. The van der Waals surface area contributed by atoms with Crippen molar-refractivity contribution in [3.63, 3.8) is 0 Å². The Kier molecular flexibility index (Phi) is 5.77. The molecular formula is C16H21N3O2S. The smallest absolute Gasteiger partial charge is 0.315 e. The monoisotopic (exact) mass is 319 g/mol. The second kappa shape index (κ2) is 7.79. The summed E-state index contributed by atoms with van der Waals surface area (Å²) in [5, 5.41) is 8.77. The van der Waals surface area contributed by atoms with Crippen molar-refractivity contribution >= 4 is 17.4 Å². The van der Waals surface area contributed by atoms with E-state index in [1.807, 2.05) is 43.5 Å². The lowest BCUT2D eigenvalue weighted by atomic mass is 10.0. The number of benzene rings is 1. The zero-order valence-electron chi connectivity index (χ0n) is 13.1. The van der Waals surface area contributed by atoms with E-state index in [0.29, 0.717) is 6.54 Å². The third-order valence-electron chi connectivity index (χ3n) is 3.32. The fourth-order valence-corrected chi connectivity index (χ4v) is 2.84. The van der Waals surface area contributed by atoms with Crippen LogP contribution < -0.4 is 15.4 Å². The lowest BCUT2D eigenvalue weighted by molar-refractivity contribution is 0.236. The van der Waals surface area contributed by atoms with Gasteiger partial charge in [-0.25, -0.2) is 9.78 Å². The molecule has 1 aromatic heterocycles. The number of thiazole rings is 1. The van der Waals surface area contributed by atoms with Gasteiger partial charge in [-0.1, -0.05) is 25.1 Å². The van der Waals surface area contributed by atoms with E-state index in [2.05, 4.69) is 15.6 Å². The lowest BCUT2D eigenvalue weighted by Gasteiger charge is -2.20. The molecule has 1 heterocycles. The Bertz CT molecular complexity index is 627. The highest BCUT2D eigenvalue weighted by Crippen LogP contribution is 2.26. The number of aryl methyl sites for hydroxylation is 1. The molecule has 22 heavy (non-hydrogen) atoms. The average molecular weight is 319 g/mol. The van der Waals surface area contributed by atoms with Gasteiger partial charge in [0.05, 0.1) is 30.4 Å². The van der Waals surface area contributed by atoms with E-state index in [4.69, 9.17) is 4.74 Å². The summed E-state index contributed by atoms with van der Waals surface area (Å²) in [6.45, 7) is 4.41. The summed E-state index contributed by atoms with van der Waals surface area (Å²) < 4.78 is 5.36. The summed E-state index contributed by atoms with van der Waals surface area (Å²) in [5.41, 5.74) is 1.86. The quantitative estimate of drug-likeness (QED) is 0.857. The van der Waals surface area contributed by atoms with Crippen LogP contribution in [0.3, 0.4) is 0 Å². The lowest BCUT2D eigenvalue weighted by Crippen LogP contribution is -2.37. The highest BCUT2D eigenvalue weighted by Gasteiger charge is 2.16. The molecule has 0 fully saturated rings. The third-order valence-corrected chi connectivity index (χ3v) is 4.15. The second-order valence-electron chi connectivity index (χ2n) is 4.89. The second-order valence-corrected chi connectivity index (χ2v) is 5.95. The molecule has 2 amide bonds. The van der Waals surface area contributed by atoms with Crippen LogP contribution in [0.2, 0.25) is 0 Å². The van der Waals surface area contributed by atoms with Gasteiger partial charge in [0.15, 0.2) is 0 Å². The number of hydrogen-bond donors (Lipinski definition) is 2. The molecule has 0 saturated heterocycles. The molecule has 6 heteroatoms. The zero-order chi connectivity index (χ0) is 15.9. The molecule has 2 N–H and O–H groups in total. The van der Waals surface area contributed by atoms with Crippen LogP contribution in [0.4, 0.5) is 4.79 Å². The van der Waals surface area contributed by atoms with Crippen molar-refractivity contribution in [2.75, 3.05) is 7.11 Å². The highest BCUT2D eigenvalue weighted by molar-refractivity contribution is 7.09. The van der Waals surface area contributed by atoms with E-state index in [1.165, 1.54) is 0 Å². The molecule has 118 valence electrons.